The van der Waals surface area contributed by atoms with Crippen molar-refractivity contribution in [2.24, 2.45) is 5.92 Å². The summed E-state index contributed by atoms with van der Waals surface area (Å²) in [5.74, 6) is 0.864. The van der Waals surface area contributed by atoms with Crippen LogP contribution in [0.4, 0.5) is 4.39 Å². The van der Waals surface area contributed by atoms with E-state index in [1.807, 2.05) is 10.8 Å². The number of hydrogen-bond donors (Lipinski definition) is 1. The Morgan fingerprint density at radius 3 is 2.77 bits per heavy atom. The standard InChI is InChI=1S/C21H25FN6O2/c22-18-4-2-16(3-5-18)20-25-19(30-26-20)14-27-11-6-17(7-12-27)21(29)24-8-1-10-28-13-9-23-15-28/h2-5,9,13,15,17H,1,6-8,10-12,14H2,(H,24,29). The van der Waals surface area contributed by atoms with E-state index in [0.717, 1.165) is 44.5 Å². The van der Waals surface area contributed by atoms with E-state index < -0.39 is 0 Å². The fraction of sp³-hybridized carbons (Fsp3) is 0.429. The molecule has 0 bridgehead atoms. The molecule has 1 aromatic carbocycles. The van der Waals surface area contributed by atoms with Gasteiger partial charge in [0.2, 0.25) is 17.6 Å². The molecular weight excluding hydrogens is 387 g/mol. The summed E-state index contributed by atoms with van der Waals surface area (Å²) in [4.78, 5) is 23.0. The minimum absolute atomic E-state index is 0.0481. The summed E-state index contributed by atoms with van der Waals surface area (Å²) in [6, 6.07) is 6.00. The van der Waals surface area contributed by atoms with Gasteiger partial charge in [0.15, 0.2) is 0 Å². The van der Waals surface area contributed by atoms with Crippen LogP contribution in [0.2, 0.25) is 0 Å². The van der Waals surface area contributed by atoms with Crippen molar-refractivity contribution in [3.63, 3.8) is 0 Å². The lowest BCUT2D eigenvalue weighted by Crippen LogP contribution is -2.40. The van der Waals surface area contributed by atoms with Gasteiger partial charge in [-0.05, 0) is 56.6 Å². The van der Waals surface area contributed by atoms with E-state index in [1.54, 1.807) is 24.7 Å². The molecule has 0 atom stereocenters. The molecule has 3 heterocycles. The van der Waals surface area contributed by atoms with Crippen LogP contribution >= 0.6 is 0 Å². The lowest BCUT2D eigenvalue weighted by Gasteiger charge is -2.30. The Morgan fingerprint density at radius 2 is 2.03 bits per heavy atom. The summed E-state index contributed by atoms with van der Waals surface area (Å²) in [5, 5.41) is 7.03. The predicted octanol–water partition coefficient (Wildman–Crippen LogP) is 2.49. The van der Waals surface area contributed by atoms with Gasteiger partial charge in [-0.15, -0.1) is 0 Å². The molecule has 1 amide bonds. The molecule has 3 aromatic rings. The number of nitrogens with zero attached hydrogens (tertiary/aromatic N) is 5. The monoisotopic (exact) mass is 412 g/mol. The zero-order chi connectivity index (χ0) is 20.8. The molecule has 1 saturated heterocycles. The molecule has 0 aliphatic carbocycles. The third-order valence-corrected chi connectivity index (χ3v) is 5.34. The van der Waals surface area contributed by atoms with Crippen molar-refractivity contribution in [2.45, 2.75) is 32.4 Å². The maximum absolute atomic E-state index is 13.0. The molecule has 9 heteroatoms. The molecule has 2 aromatic heterocycles. The van der Waals surface area contributed by atoms with Crippen LogP contribution in [0.5, 0.6) is 0 Å². The molecule has 1 aliphatic rings. The zero-order valence-corrected chi connectivity index (χ0v) is 16.7. The first-order valence-electron chi connectivity index (χ1n) is 10.2. The number of rotatable bonds is 8. The Kier molecular flexibility index (Phi) is 6.48. The summed E-state index contributed by atoms with van der Waals surface area (Å²) in [7, 11) is 0. The van der Waals surface area contributed by atoms with Gasteiger partial charge in [0.05, 0.1) is 12.9 Å². The van der Waals surface area contributed by atoms with Gasteiger partial charge < -0.3 is 14.4 Å². The van der Waals surface area contributed by atoms with Crippen LogP contribution in [-0.4, -0.2) is 50.1 Å². The third-order valence-electron chi connectivity index (χ3n) is 5.34. The highest BCUT2D eigenvalue weighted by molar-refractivity contribution is 5.78. The van der Waals surface area contributed by atoms with Crippen LogP contribution in [0, 0.1) is 11.7 Å². The van der Waals surface area contributed by atoms with Crippen molar-refractivity contribution in [2.75, 3.05) is 19.6 Å². The normalized spacial score (nSPS) is 15.4. The van der Waals surface area contributed by atoms with Gasteiger partial charge >= 0.3 is 0 Å². The smallest absolute Gasteiger partial charge is 0.241 e. The molecule has 0 saturated carbocycles. The predicted molar refractivity (Wildman–Crippen MR) is 108 cm³/mol. The van der Waals surface area contributed by atoms with Crippen LogP contribution in [0.15, 0.2) is 47.5 Å². The molecule has 8 nitrogen and oxygen atoms in total. The molecule has 158 valence electrons. The molecule has 0 unspecified atom stereocenters. The average molecular weight is 412 g/mol. The Morgan fingerprint density at radius 1 is 1.23 bits per heavy atom. The van der Waals surface area contributed by atoms with Crippen molar-refractivity contribution < 1.29 is 13.7 Å². The number of aromatic nitrogens is 4. The first kappa shape index (κ1) is 20.2. The fourth-order valence-corrected chi connectivity index (χ4v) is 3.62. The van der Waals surface area contributed by atoms with E-state index in [4.69, 9.17) is 4.52 Å². The topological polar surface area (TPSA) is 89.1 Å². The molecular formula is C21H25FN6O2. The number of carbonyl (C=O) groups excluding carboxylic acids is 1. The van der Waals surface area contributed by atoms with Crippen molar-refractivity contribution in [3.05, 3.63) is 54.7 Å². The van der Waals surface area contributed by atoms with Gasteiger partial charge in [0, 0.05) is 37.0 Å². The van der Waals surface area contributed by atoms with E-state index in [2.05, 4.69) is 25.3 Å². The van der Waals surface area contributed by atoms with Gasteiger partial charge in [-0.3, -0.25) is 9.69 Å². The summed E-state index contributed by atoms with van der Waals surface area (Å²) >= 11 is 0. The number of imidazole rings is 1. The highest BCUT2D eigenvalue weighted by atomic mass is 19.1. The van der Waals surface area contributed by atoms with Crippen molar-refractivity contribution in [3.8, 4) is 11.4 Å². The minimum Gasteiger partial charge on any atom is -0.356 e. The summed E-state index contributed by atoms with van der Waals surface area (Å²) in [6.45, 7) is 3.68. The lowest BCUT2D eigenvalue weighted by atomic mass is 9.96. The first-order chi connectivity index (χ1) is 14.7. The number of hydrogen-bond acceptors (Lipinski definition) is 6. The molecule has 4 rings (SSSR count). The molecule has 0 spiro atoms. The zero-order valence-electron chi connectivity index (χ0n) is 16.7. The maximum atomic E-state index is 13.0. The number of piperidine rings is 1. The van der Waals surface area contributed by atoms with Gasteiger partial charge in [0.1, 0.15) is 5.82 Å². The van der Waals surface area contributed by atoms with Crippen molar-refractivity contribution in [1.82, 2.24) is 29.9 Å². The highest BCUT2D eigenvalue weighted by Gasteiger charge is 2.25. The number of likely N-dealkylation sites (tertiary alicyclic amines) is 1. The van der Waals surface area contributed by atoms with Gasteiger partial charge in [0.25, 0.3) is 0 Å². The Bertz CT molecular complexity index is 933. The maximum Gasteiger partial charge on any atom is 0.241 e. The number of nitrogens with one attached hydrogen (secondary N) is 1. The SMILES string of the molecule is O=C(NCCCn1ccnc1)C1CCN(Cc2nc(-c3ccc(F)cc3)no2)CC1. The average Bonchev–Trinajstić information content (AvgIpc) is 3.44. The summed E-state index contributed by atoms with van der Waals surface area (Å²) in [5.41, 5.74) is 0.717. The van der Waals surface area contributed by atoms with Gasteiger partial charge in [-0.1, -0.05) is 5.16 Å². The van der Waals surface area contributed by atoms with Gasteiger partial charge in [-0.2, -0.15) is 4.98 Å². The Balaban J connectivity index is 1.18. The number of amides is 1. The molecule has 1 fully saturated rings. The molecule has 0 radical (unpaired) electrons. The first-order valence-corrected chi connectivity index (χ1v) is 10.2. The minimum atomic E-state index is -0.299. The second-order valence-electron chi connectivity index (χ2n) is 7.51. The van der Waals surface area contributed by atoms with E-state index in [9.17, 15) is 9.18 Å². The quantitative estimate of drug-likeness (QED) is 0.572. The number of benzene rings is 1. The molecule has 1 N–H and O–H groups in total. The third kappa shape index (κ3) is 5.29. The number of carbonyl (C=O) groups is 1. The van der Waals surface area contributed by atoms with E-state index in [-0.39, 0.29) is 17.6 Å². The van der Waals surface area contributed by atoms with E-state index in [0.29, 0.717) is 24.8 Å². The van der Waals surface area contributed by atoms with E-state index in [1.165, 1.54) is 12.1 Å². The second kappa shape index (κ2) is 9.62. The van der Waals surface area contributed by atoms with Crippen molar-refractivity contribution >= 4 is 5.91 Å². The summed E-state index contributed by atoms with van der Waals surface area (Å²) < 4.78 is 20.4. The number of aryl methyl sites for hydroxylation is 1. The fourth-order valence-electron chi connectivity index (χ4n) is 3.62. The van der Waals surface area contributed by atoms with Crippen LogP contribution in [-0.2, 0) is 17.9 Å². The van der Waals surface area contributed by atoms with Crippen LogP contribution in [0.25, 0.3) is 11.4 Å². The highest BCUT2D eigenvalue weighted by Crippen LogP contribution is 2.21. The lowest BCUT2D eigenvalue weighted by molar-refractivity contribution is -0.126. The second-order valence-corrected chi connectivity index (χ2v) is 7.51. The molecule has 30 heavy (non-hydrogen) atoms. The Labute approximate surface area is 174 Å². The largest absolute Gasteiger partial charge is 0.356 e. The Hall–Kier alpha value is -3.07. The van der Waals surface area contributed by atoms with Crippen molar-refractivity contribution in [1.29, 1.82) is 0 Å². The number of halogens is 1. The van der Waals surface area contributed by atoms with Crippen LogP contribution < -0.4 is 5.32 Å². The van der Waals surface area contributed by atoms with E-state index >= 15 is 0 Å². The van der Waals surface area contributed by atoms with Crippen LogP contribution in [0.1, 0.15) is 25.2 Å². The molecule has 1 aliphatic heterocycles. The summed E-state index contributed by atoms with van der Waals surface area (Å²) in [6.07, 6.45) is 7.96. The van der Waals surface area contributed by atoms with Crippen LogP contribution in [0.3, 0.4) is 0 Å². The van der Waals surface area contributed by atoms with Gasteiger partial charge in [-0.25, -0.2) is 9.37 Å².